The SMILES string of the molecule is CCc1nsc(SCC(CS)C(C)C)n1. The van der Waals surface area contributed by atoms with Crippen LogP contribution in [0.25, 0.3) is 0 Å². The Balaban J connectivity index is 2.41. The molecule has 15 heavy (non-hydrogen) atoms. The lowest BCUT2D eigenvalue weighted by atomic mass is 10.0. The van der Waals surface area contributed by atoms with E-state index in [1.54, 1.807) is 0 Å². The second-order valence-corrected chi connectivity index (χ2v) is 6.21. The number of nitrogens with zero attached hydrogens (tertiary/aromatic N) is 2. The Bertz CT molecular complexity index is 286. The molecule has 5 heteroatoms. The zero-order valence-electron chi connectivity index (χ0n) is 9.43. The Morgan fingerprint density at radius 3 is 2.67 bits per heavy atom. The molecule has 1 aromatic heterocycles. The first-order valence-corrected chi connectivity index (χ1v) is 7.62. The van der Waals surface area contributed by atoms with Gasteiger partial charge in [0.1, 0.15) is 5.82 Å². The van der Waals surface area contributed by atoms with E-state index in [9.17, 15) is 0 Å². The Hall–Kier alpha value is 0.260. The van der Waals surface area contributed by atoms with Crippen molar-refractivity contribution >= 4 is 35.9 Å². The van der Waals surface area contributed by atoms with Crippen molar-refractivity contribution in [2.75, 3.05) is 11.5 Å². The van der Waals surface area contributed by atoms with Gasteiger partial charge in [-0.25, -0.2) is 4.98 Å². The molecule has 2 nitrogen and oxygen atoms in total. The molecule has 0 N–H and O–H groups in total. The van der Waals surface area contributed by atoms with Gasteiger partial charge >= 0.3 is 0 Å². The van der Waals surface area contributed by atoms with E-state index in [0.717, 1.165) is 28.1 Å². The van der Waals surface area contributed by atoms with E-state index in [1.807, 2.05) is 11.8 Å². The predicted octanol–water partition coefficient (Wildman–Crippen LogP) is 3.39. The molecule has 0 saturated carbocycles. The highest BCUT2D eigenvalue weighted by Gasteiger charge is 2.13. The molecule has 0 radical (unpaired) electrons. The highest BCUT2D eigenvalue weighted by atomic mass is 32.2. The molecule has 0 saturated heterocycles. The highest BCUT2D eigenvalue weighted by Crippen LogP contribution is 2.26. The number of thiol groups is 1. The third kappa shape index (κ3) is 4.33. The van der Waals surface area contributed by atoms with E-state index < -0.39 is 0 Å². The Morgan fingerprint density at radius 2 is 2.20 bits per heavy atom. The lowest BCUT2D eigenvalue weighted by Crippen LogP contribution is -2.13. The number of hydrogen-bond donors (Lipinski definition) is 1. The molecule has 1 atom stereocenters. The lowest BCUT2D eigenvalue weighted by molar-refractivity contribution is 0.473. The smallest absolute Gasteiger partial charge is 0.170 e. The Labute approximate surface area is 106 Å². The summed E-state index contributed by atoms with van der Waals surface area (Å²) in [4.78, 5) is 4.44. The number of thioether (sulfide) groups is 1. The molecule has 0 bridgehead atoms. The van der Waals surface area contributed by atoms with Gasteiger partial charge < -0.3 is 0 Å². The van der Waals surface area contributed by atoms with Gasteiger partial charge in [-0.15, -0.1) is 0 Å². The predicted molar refractivity (Wildman–Crippen MR) is 72.2 cm³/mol. The molecule has 0 amide bonds. The maximum atomic E-state index is 4.44. The van der Waals surface area contributed by atoms with Crippen molar-refractivity contribution in [2.45, 2.75) is 31.5 Å². The first-order valence-electron chi connectivity index (χ1n) is 5.23. The zero-order valence-corrected chi connectivity index (χ0v) is 12.0. The van der Waals surface area contributed by atoms with Crippen LogP contribution in [0.3, 0.4) is 0 Å². The minimum Gasteiger partial charge on any atom is -0.213 e. The second-order valence-electron chi connectivity index (χ2n) is 3.83. The van der Waals surface area contributed by atoms with Crippen molar-refractivity contribution in [3.05, 3.63) is 5.82 Å². The van der Waals surface area contributed by atoms with Crippen LogP contribution in [0.4, 0.5) is 0 Å². The average Bonchev–Trinajstić information content (AvgIpc) is 2.66. The van der Waals surface area contributed by atoms with Crippen molar-refractivity contribution in [1.82, 2.24) is 9.36 Å². The maximum Gasteiger partial charge on any atom is 0.170 e. The van der Waals surface area contributed by atoms with Crippen LogP contribution in [-0.2, 0) is 6.42 Å². The quantitative estimate of drug-likeness (QED) is 0.628. The lowest BCUT2D eigenvalue weighted by Gasteiger charge is -2.16. The summed E-state index contributed by atoms with van der Waals surface area (Å²) in [5, 5.41) is 0. The van der Waals surface area contributed by atoms with Crippen molar-refractivity contribution in [2.24, 2.45) is 11.8 Å². The summed E-state index contributed by atoms with van der Waals surface area (Å²) in [5.41, 5.74) is 0. The molecule has 0 aliphatic heterocycles. The molecule has 1 heterocycles. The highest BCUT2D eigenvalue weighted by molar-refractivity contribution is 8.00. The van der Waals surface area contributed by atoms with Gasteiger partial charge in [0.15, 0.2) is 4.34 Å². The summed E-state index contributed by atoms with van der Waals surface area (Å²) in [5.74, 6) is 4.36. The molecule has 1 rings (SSSR count). The van der Waals surface area contributed by atoms with E-state index in [4.69, 9.17) is 0 Å². The van der Waals surface area contributed by atoms with Crippen molar-refractivity contribution in [3.63, 3.8) is 0 Å². The van der Waals surface area contributed by atoms with E-state index in [2.05, 4.69) is 42.8 Å². The van der Waals surface area contributed by atoms with Crippen LogP contribution in [0.1, 0.15) is 26.6 Å². The topological polar surface area (TPSA) is 25.8 Å². The minimum absolute atomic E-state index is 0.660. The van der Waals surface area contributed by atoms with Crippen LogP contribution in [0.15, 0.2) is 4.34 Å². The van der Waals surface area contributed by atoms with Gasteiger partial charge in [0, 0.05) is 12.2 Å². The van der Waals surface area contributed by atoms with Crippen molar-refractivity contribution < 1.29 is 0 Å². The summed E-state index contributed by atoms with van der Waals surface area (Å²) < 4.78 is 5.37. The van der Waals surface area contributed by atoms with Gasteiger partial charge in [-0.1, -0.05) is 32.5 Å². The Kier molecular flexibility index (Phi) is 6.00. The number of rotatable bonds is 6. The molecule has 0 fully saturated rings. The normalized spacial score (nSPS) is 13.4. The van der Waals surface area contributed by atoms with E-state index in [-0.39, 0.29) is 0 Å². The summed E-state index contributed by atoms with van der Waals surface area (Å²) in [6.07, 6.45) is 0.928. The van der Waals surface area contributed by atoms with Crippen molar-refractivity contribution in [1.29, 1.82) is 0 Å². The van der Waals surface area contributed by atoms with Gasteiger partial charge in [-0.3, -0.25) is 0 Å². The van der Waals surface area contributed by atoms with E-state index in [0.29, 0.717) is 11.8 Å². The van der Waals surface area contributed by atoms with Crippen molar-refractivity contribution in [3.8, 4) is 0 Å². The third-order valence-corrected chi connectivity index (χ3v) is 4.89. The van der Waals surface area contributed by atoms with Gasteiger partial charge in [-0.2, -0.15) is 17.0 Å². The standard InChI is InChI=1S/C10H18N2S3/c1-4-9-11-10(15-12-9)14-6-8(5-13)7(2)3/h7-8,13H,4-6H2,1-3H3. The summed E-state index contributed by atoms with van der Waals surface area (Å²) in [7, 11) is 0. The summed E-state index contributed by atoms with van der Waals surface area (Å²) in [6, 6.07) is 0. The van der Waals surface area contributed by atoms with E-state index in [1.165, 1.54) is 11.5 Å². The summed E-state index contributed by atoms with van der Waals surface area (Å²) >= 11 is 7.71. The van der Waals surface area contributed by atoms with E-state index >= 15 is 0 Å². The molecule has 1 unspecified atom stereocenters. The van der Waals surface area contributed by atoms with Crippen LogP contribution >= 0.6 is 35.9 Å². The largest absolute Gasteiger partial charge is 0.213 e. The zero-order chi connectivity index (χ0) is 11.3. The molecular weight excluding hydrogens is 244 g/mol. The number of aryl methyl sites for hydroxylation is 1. The number of hydrogen-bond acceptors (Lipinski definition) is 5. The molecule has 0 spiro atoms. The molecular formula is C10H18N2S3. The average molecular weight is 262 g/mol. The van der Waals surface area contributed by atoms with Crippen LogP contribution < -0.4 is 0 Å². The summed E-state index contributed by atoms with van der Waals surface area (Å²) in [6.45, 7) is 6.58. The van der Waals surface area contributed by atoms with Gasteiger partial charge in [0.25, 0.3) is 0 Å². The fourth-order valence-electron chi connectivity index (χ4n) is 1.07. The fourth-order valence-corrected chi connectivity index (χ4v) is 3.86. The fraction of sp³-hybridized carbons (Fsp3) is 0.800. The van der Waals surface area contributed by atoms with Crippen LogP contribution in [-0.4, -0.2) is 20.9 Å². The molecule has 86 valence electrons. The van der Waals surface area contributed by atoms with Gasteiger partial charge in [0.2, 0.25) is 0 Å². The molecule has 0 aliphatic rings. The third-order valence-electron chi connectivity index (χ3n) is 2.36. The molecule has 0 aliphatic carbocycles. The monoisotopic (exact) mass is 262 g/mol. The second kappa shape index (κ2) is 6.76. The Morgan fingerprint density at radius 1 is 1.47 bits per heavy atom. The van der Waals surface area contributed by atoms with Crippen LogP contribution in [0.5, 0.6) is 0 Å². The van der Waals surface area contributed by atoms with Crippen LogP contribution in [0, 0.1) is 11.8 Å². The minimum atomic E-state index is 0.660. The number of aromatic nitrogens is 2. The van der Waals surface area contributed by atoms with Crippen LogP contribution in [0.2, 0.25) is 0 Å². The maximum absolute atomic E-state index is 4.44. The first kappa shape index (κ1) is 13.3. The molecule has 0 aromatic carbocycles. The van der Waals surface area contributed by atoms with Gasteiger partial charge in [0.05, 0.1) is 0 Å². The first-order chi connectivity index (χ1) is 7.17. The van der Waals surface area contributed by atoms with Gasteiger partial charge in [-0.05, 0) is 29.1 Å². The molecule has 1 aromatic rings.